The van der Waals surface area contributed by atoms with Crippen molar-refractivity contribution in [1.29, 1.82) is 0 Å². The topological polar surface area (TPSA) is 46.2 Å². The summed E-state index contributed by atoms with van der Waals surface area (Å²) in [7, 11) is -3.55. The van der Waals surface area contributed by atoms with Crippen molar-refractivity contribution in [2.75, 3.05) is 6.54 Å². The molecule has 0 saturated heterocycles. The maximum Gasteiger partial charge on any atom is 0.241 e. The van der Waals surface area contributed by atoms with Gasteiger partial charge in [-0.15, -0.1) is 11.6 Å². The molecule has 18 heavy (non-hydrogen) atoms. The molecule has 102 valence electrons. The standard InChI is InChI=1S/C11H14Br2ClNO2S/c1-7(2)10(14)6-15-18(16,17)11-5-8(12)3-4-9(11)13/h3-5,7,10,15H,6H2,1-2H3. The molecule has 0 saturated carbocycles. The van der Waals surface area contributed by atoms with Crippen molar-refractivity contribution in [2.24, 2.45) is 5.92 Å². The molecule has 1 atom stereocenters. The first-order valence-corrected chi connectivity index (χ1v) is 8.83. The summed E-state index contributed by atoms with van der Waals surface area (Å²) in [5.74, 6) is 0.209. The highest BCUT2D eigenvalue weighted by Gasteiger charge is 2.20. The van der Waals surface area contributed by atoms with E-state index < -0.39 is 10.0 Å². The van der Waals surface area contributed by atoms with E-state index in [1.165, 1.54) is 0 Å². The van der Waals surface area contributed by atoms with Crippen LogP contribution in [0.3, 0.4) is 0 Å². The third-order valence-electron chi connectivity index (χ3n) is 2.37. The first kappa shape index (κ1) is 16.4. The van der Waals surface area contributed by atoms with Gasteiger partial charge in [-0.25, -0.2) is 13.1 Å². The molecular weight excluding hydrogens is 405 g/mol. The normalized spacial score (nSPS) is 13.9. The highest BCUT2D eigenvalue weighted by molar-refractivity contribution is 9.11. The van der Waals surface area contributed by atoms with Gasteiger partial charge in [0.1, 0.15) is 0 Å². The minimum atomic E-state index is -3.55. The Kier molecular flexibility index (Phi) is 6.12. The Bertz CT molecular complexity index is 520. The first-order valence-electron chi connectivity index (χ1n) is 5.33. The second kappa shape index (κ2) is 6.70. The quantitative estimate of drug-likeness (QED) is 0.739. The summed E-state index contributed by atoms with van der Waals surface area (Å²) in [5.41, 5.74) is 0. The van der Waals surface area contributed by atoms with Gasteiger partial charge < -0.3 is 0 Å². The molecule has 1 aromatic carbocycles. The lowest BCUT2D eigenvalue weighted by Gasteiger charge is -2.15. The second-order valence-electron chi connectivity index (χ2n) is 4.19. The molecule has 1 unspecified atom stereocenters. The largest absolute Gasteiger partial charge is 0.241 e. The minimum Gasteiger partial charge on any atom is -0.210 e. The average Bonchev–Trinajstić information content (AvgIpc) is 2.29. The van der Waals surface area contributed by atoms with Gasteiger partial charge in [0.05, 0.1) is 4.90 Å². The van der Waals surface area contributed by atoms with Gasteiger partial charge in [-0.3, -0.25) is 0 Å². The molecule has 0 heterocycles. The molecule has 3 nitrogen and oxygen atoms in total. The maximum absolute atomic E-state index is 12.1. The third kappa shape index (κ3) is 4.49. The summed E-state index contributed by atoms with van der Waals surface area (Å²) in [6, 6.07) is 4.99. The number of alkyl halides is 1. The highest BCUT2D eigenvalue weighted by Crippen LogP contribution is 2.25. The number of sulfonamides is 1. The lowest BCUT2D eigenvalue weighted by molar-refractivity contribution is 0.556. The van der Waals surface area contributed by atoms with Crippen LogP contribution in [0.25, 0.3) is 0 Å². The summed E-state index contributed by atoms with van der Waals surface area (Å²) >= 11 is 12.5. The van der Waals surface area contributed by atoms with E-state index in [-0.39, 0.29) is 22.7 Å². The monoisotopic (exact) mass is 417 g/mol. The lowest BCUT2D eigenvalue weighted by atomic mass is 10.1. The molecule has 0 radical (unpaired) electrons. The SMILES string of the molecule is CC(C)C(Cl)CNS(=O)(=O)c1cc(Br)ccc1Br. The van der Waals surface area contributed by atoms with Crippen LogP contribution in [-0.4, -0.2) is 20.3 Å². The molecule has 0 aromatic heterocycles. The molecular formula is C11H14Br2ClNO2S. The van der Waals surface area contributed by atoms with E-state index in [4.69, 9.17) is 11.6 Å². The number of halogens is 3. The Morgan fingerprint density at radius 3 is 2.50 bits per heavy atom. The predicted octanol–water partition coefficient (Wildman–Crippen LogP) is 3.75. The van der Waals surface area contributed by atoms with Crippen molar-refractivity contribution in [3.8, 4) is 0 Å². The van der Waals surface area contributed by atoms with Crippen LogP contribution in [0.2, 0.25) is 0 Å². The minimum absolute atomic E-state index is 0.199. The van der Waals surface area contributed by atoms with Crippen LogP contribution in [0.4, 0.5) is 0 Å². The van der Waals surface area contributed by atoms with E-state index in [2.05, 4.69) is 36.6 Å². The number of hydrogen-bond acceptors (Lipinski definition) is 2. The molecule has 1 rings (SSSR count). The average molecular weight is 420 g/mol. The van der Waals surface area contributed by atoms with Crippen LogP contribution in [0.5, 0.6) is 0 Å². The summed E-state index contributed by atoms with van der Waals surface area (Å²) in [6.45, 7) is 4.10. The lowest BCUT2D eigenvalue weighted by Crippen LogP contribution is -2.32. The van der Waals surface area contributed by atoms with Gasteiger partial charge in [-0.05, 0) is 40.0 Å². The predicted molar refractivity (Wildman–Crippen MR) is 81.5 cm³/mol. The Balaban J connectivity index is 2.90. The fourth-order valence-corrected chi connectivity index (χ4v) is 3.91. The molecule has 1 aromatic rings. The second-order valence-corrected chi connectivity index (χ2v) is 8.25. The summed E-state index contributed by atoms with van der Waals surface area (Å²) in [4.78, 5) is 0.199. The molecule has 0 bridgehead atoms. The molecule has 0 amide bonds. The zero-order chi connectivity index (χ0) is 13.9. The molecule has 0 spiro atoms. The molecule has 0 aliphatic carbocycles. The van der Waals surface area contributed by atoms with Crippen LogP contribution in [0, 0.1) is 5.92 Å². The van der Waals surface area contributed by atoms with Gasteiger partial charge in [-0.2, -0.15) is 0 Å². The van der Waals surface area contributed by atoms with Crippen molar-refractivity contribution >= 4 is 53.5 Å². The van der Waals surface area contributed by atoms with E-state index in [1.54, 1.807) is 18.2 Å². The van der Waals surface area contributed by atoms with Gasteiger partial charge in [0.2, 0.25) is 10.0 Å². The van der Waals surface area contributed by atoms with E-state index >= 15 is 0 Å². The first-order chi connectivity index (χ1) is 8.24. The van der Waals surface area contributed by atoms with Gasteiger partial charge in [0.25, 0.3) is 0 Å². The number of rotatable bonds is 5. The van der Waals surface area contributed by atoms with Crippen LogP contribution in [0.15, 0.2) is 32.0 Å². The van der Waals surface area contributed by atoms with E-state index in [0.717, 1.165) is 0 Å². The van der Waals surface area contributed by atoms with Crippen molar-refractivity contribution in [3.63, 3.8) is 0 Å². The van der Waals surface area contributed by atoms with Gasteiger partial charge in [-0.1, -0.05) is 29.8 Å². The van der Waals surface area contributed by atoms with Crippen LogP contribution < -0.4 is 4.72 Å². The van der Waals surface area contributed by atoms with Gasteiger partial charge in [0, 0.05) is 20.9 Å². The van der Waals surface area contributed by atoms with Gasteiger partial charge >= 0.3 is 0 Å². The number of nitrogens with one attached hydrogen (secondary N) is 1. The van der Waals surface area contributed by atoms with E-state index in [1.807, 2.05) is 13.8 Å². The molecule has 7 heteroatoms. The van der Waals surface area contributed by atoms with Crippen molar-refractivity contribution < 1.29 is 8.42 Å². The molecule has 0 fully saturated rings. The zero-order valence-electron chi connectivity index (χ0n) is 9.95. The maximum atomic E-state index is 12.1. The molecule has 0 aliphatic heterocycles. The van der Waals surface area contributed by atoms with Crippen molar-refractivity contribution in [1.82, 2.24) is 4.72 Å². The number of hydrogen-bond donors (Lipinski definition) is 1. The van der Waals surface area contributed by atoms with Crippen LogP contribution >= 0.6 is 43.5 Å². The fourth-order valence-electron chi connectivity index (χ4n) is 1.19. The van der Waals surface area contributed by atoms with Crippen LogP contribution in [-0.2, 0) is 10.0 Å². The summed E-state index contributed by atoms with van der Waals surface area (Å²) in [6.07, 6.45) is 0. The van der Waals surface area contributed by atoms with Gasteiger partial charge in [0.15, 0.2) is 0 Å². The van der Waals surface area contributed by atoms with E-state index in [0.29, 0.717) is 8.95 Å². The number of benzene rings is 1. The highest BCUT2D eigenvalue weighted by atomic mass is 79.9. The van der Waals surface area contributed by atoms with E-state index in [9.17, 15) is 8.42 Å². The molecule has 1 N–H and O–H groups in total. The Morgan fingerprint density at radius 2 is 1.94 bits per heavy atom. The third-order valence-corrected chi connectivity index (χ3v) is 5.94. The summed E-state index contributed by atoms with van der Waals surface area (Å²) < 4.78 is 28.0. The fraction of sp³-hybridized carbons (Fsp3) is 0.455. The Labute approximate surface area is 130 Å². The van der Waals surface area contributed by atoms with Crippen molar-refractivity contribution in [2.45, 2.75) is 24.1 Å². The smallest absolute Gasteiger partial charge is 0.210 e. The molecule has 0 aliphatic rings. The summed E-state index contributed by atoms with van der Waals surface area (Å²) in [5, 5.41) is -0.231. The van der Waals surface area contributed by atoms with Crippen LogP contribution in [0.1, 0.15) is 13.8 Å². The Morgan fingerprint density at radius 1 is 1.33 bits per heavy atom. The zero-order valence-corrected chi connectivity index (χ0v) is 14.7. The van der Waals surface area contributed by atoms with Crippen molar-refractivity contribution in [3.05, 3.63) is 27.1 Å². The Hall–Kier alpha value is 0.380.